The molecule has 30 heavy (non-hydrogen) atoms. The Morgan fingerprint density at radius 1 is 0.800 bits per heavy atom. The standard InChI is InChI=1S/C25H22N2O3/c1-26-21-7-5-4-6-20(21)22-23(16-8-12-18(29-2)13-9-16)27(25(28)24(22)26)17-10-14-19(30-3)15-11-17/h4-15,23H,1-3H3/t23-/m1/s1. The number of amides is 1. The molecule has 1 aliphatic rings. The Balaban J connectivity index is 1.74. The Bertz CT molecular complexity index is 1240. The van der Waals surface area contributed by atoms with E-state index in [1.165, 1.54) is 0 Å². The van der Waals surface area contributed by atoms with E-state index >= 15 is 0 Å². The largest absolute Gasteiger partial charge is 0.497 e. The minimum atomic E-state index is -0.224. The number of aryl methyl sites for hydroxylation is 1. The number of carbonyl (C=O) groups is 1. The van der Waals surface area contributed by atoms with E-state index in [-0.39, 0.29) is 11.9 Å². The lowest BCUT2D eigenvalue weighted by atomic mass is 9.97. The summed E-state index contributed by atoms with van der Waals surface area (Å²) in [5.41, 5.74) is 4.70. The maximum absolute atomic E-state index is 13.7. The van der Waals surface area contributed by atoms with Crippen LogP contribution in [0, 0.1) is 0 Å². The number of para-hydroxylation sites is 1. The van der Waals surface area contributed by atoms with E-state index in [1.807, 2.05) is 77.2 Å². The monoisotopic (exact) mass is 398 g/mol. The molecule has 0 spiro atoms. The van der Waals surface area contributed by atoms with Crippen molar-refractivity contribution in [2.45, 2.75) is 6.04 Å². The molecular weight excluding hydrogens is 376 g/mol. The smallest absolute Gasteiger partial charge is 0.276 e. The van der Waals surface area contributed by atoms with Crippen LogP contribution in [0.1, 0.15) is 27.7 Å². The maximum atomic E-state index is 13.7. The molecule has 0 fully saturated rings. The van der Waals surface area contributed by atoms with Gasteiger partial charge in [-0.1, -0.05) is 30.3 Å². The predicted molar refractivity (Wildman–Crippen MR) is 118 cm³/mol. The highest BCUT2D eigenvalue weighted by atomic mass is 16.5. The van der Waals surface area contributed by atoms with Gasteiger partial charge in [0.25, 0.3) is 5.91 Å². The van der Waals surface area contributed by atoms with E-state index in [1.54, 1.807) is 14.2 Å². The average Bonchev–Trinajstić information content (AvgIpc) is 3.27. The predicted octanol–water partition coefficient (Wildman–Crippen LogP) is 4.95. The van der Waals surface area contributed by atoms with Crippen molar-refractivity contribution < 1.29 is 14.3 Å². The van der Waals surface area contributed by atoms with Gasteiger partial charge in [-0.25, -0.2) is 0 Å². The number of anilines is 1. The molecule has 0 unspecified atom stereocenters. The highest BCUT2D eigenvalue weighted by Gasteiger charge is 2.42. The molecule has 150 valence electrons. The molecule has 0 radical (unpaired) electrons. The maximum Gasteiger partial charge on any atom is 0.276 e. The van der Waals surface area contributed by atoms with Crippen molar-refractivity contribution in [1.29, 1.82) is 0 Å². The number of carbonyl (C=O) groups excluding carboxylic acids is 1. The summed E-state index contributed by atoms with van der Waals surface area (Å²) in [5.74, 6) is 1.54. The molecule has 4 aromatic rings. The summed E-state index contributed by atoms with van der Waals surface area (Å²) in [6.45, 7) is 0. The van der Waals surface area contributed by atoms with Crippen LogP contribution in [0.2, 0.25) is 0 Å². The molecule has 3 aromatic carbocycles. The molecule has 1 aromatic heterocycles. The number of nitrogens with zero attached hydrogens (tertiary/aromatic N) is 2. The van der Waals surface area contributed by atoms with Crippen LogP contribution >= 0.6 is 0 Å². The molecule has 1 amide bonds. The fourth-order valence-corrected chi connectivity index (χ4v) is 4.43. The Morgan fingerprint density at radius 2 is 1.40 bits per heavy atom. The summed E-state index contributed by atoms with van der Waals surface area (Å²) in [5, 5.41) is 1.10. The van der Waals surface area contributed by atoms with Crippen molar-refractivity contribution in [1.82, 2.24) is 4.57 Å². The summed E-state index contributed by atoms with van der Waals surface area (Å²) >= 11 is 0. The first kappa shape index (κ1) is 18.3. The van der Waals surface area contributed by atoms with Crippen LogP contribution in [0.5, 0.6) is 11.5 Å². The van der Waals surface area contributed by atoms with Gasteiger partial charge in [0.05, 0.1) is 20.3 Å². The van der Waals surface area contributed by atoms with Crippen molar-refractivity contribution >= 4 is 22.5 Å². The number of hydrogen-bond acceptors (Lipinski definition) is 3. The third-order valence-electron chi connectivity index (χ3n) is 5.88. The van der Waals surface area contributed by atoms with Gasteiger partial charge < -0.3 is 14.0 Å². The molecule has 5 rings (SSSR count). The second-order valence-corrected chi connectivity index (χ2v) is 7.39. The molecule has 0 saturated carbocycles. The number of fused-ring (bicyclic) bond motifs is 3. The van der Waals surface area contributed by atoms with Crippen molar-refractivity contribution in [2.24, 2.45) is 7.05 Å². The average molecular weight is 398 g/mol. The first-order valence-electron chi connectivity index (χ1n) is 9.83. The van der Waals surface area contributed by atoms with Crippen molar-refractivity contribution in [3.05, 3.63) is 89.6 Å². The molecule has 0 N–H and O–H groups in total. The van der Waals surface area contributed by atoms with Crippen LogP contribution in [-0.4, -0.2) is 24.7 Å². The van der Waals surface area contributed by atoms with Gasteiger partial charge in [-0.05, 0) is 48.0 Å². The highest BCUT2D eigenvalue weighted by Crippen LogP contribution is 2.46. The third-order valence-corrected chi connectivity index (χ3v) is 5.88. The van der Waals surface area contributed by atoms with Gasteiger partial charge in [0.1, 0.15) is 17.2 Å². The number of ether oxygens (including phenoxy) is 2. The van der Waals surface area contributed by atoms with Gasteiger partial charge in [0.2, 0.25) is 0 Å². The molecule has 5 heteroatoms. The summed E-state index contributed by atoms with van der Waals surface area (Å²) in [6, 6.07) is 23.5. The second-order valence-electron chi connectivity index (χ2n) is 7.39. The molecule has 0 saturated heterocycles. The van der Waals surface area contributed by atoms with Gasteiger partial charge in [-0.3, -0.25) is 9.69 Å². The molecule has 1 aliphatic heterocycles. The molecule has 1 atom stereocenters. The van der Waals surface area contributed by atoms with Crippen LogP contribution in [0.4, 0.5) is 5.69 Å². The minimum absolute atomic E-state index is 0.00492. The first-order valence-corrected chi connectivity index (χ1v) is 9.83. The van der Waals surface area contributed by atoms with Crippen LogP contribution in [0.3, 0.4) is 0 Å². The topological polar surface area (TPSA) is 43.7 Å². The van der Waals surface area contributed by atoms with Crippen LogP contribution in [0.15, 0.2) is 72.8 Å². The molecule has 5 nitrogen and oxygen atoms in total. The Labute approximate surface area is 175 Å². The lowest BCUT2D eigenvalue weighted by Gasteiger charge is -2.27. The summed E-state index contributed by atoms with van der Waals surface area (Å²) in [4.78, 5) is 15.6. The second kappa shape index (κ2) is 6.95. The zero-order chi connectivity index (χ0) is 20.8. The van der Waals surface area contributed by atoms with Gasteiger partial charge in [-0.15, -0.1) is 0 Å². The lowest BCUT2D eigenvalue weighted by Crippen LogP contribution is -2.29. The number of rotatable bonds is 4. The fraction of sp³-hybridized carbons (Fsp3) is 0.160. The van der Waals surface area contributed by atoms with E-state index in [0.29, 0.717) is 0 Å². The summed E-state index contributed by atoms with van der Waals surface area (Å²) in [6.07, 6.45) is 0. The minimum Gasteiger partial charge on any atom is -0.497 e. The zero-order valence-electron chi connectivity index (χ0n) is 17.1. The van der Waals surface area contributed by atoms with Gasteiger partial charge in [0.15, 0.2) is 0 Å². The van der Waals surface area contributed by atoms with E-state index < -0.39 is 0 Å². The summed E-state index contributed by atoms with van der Waals surface area (Å²) < 4.78 is 12.6. The molecule has 2 heterocycles. The number of methoxy groups -OCH3 is 2. The van der Waals surface area contributed by atoms with Crippen molar-refractivity contribution in [3.8, 4) is 11.5 Å². The van der Waals surface area contributed by atoms with Gasteiger partial charge >= 0.3 is 0 Å². The van der Waals surface area contributed by atoms with Crippen LogP contribution in [-0.2, 0) is 7.05 Å². The van der Waals surface area contributed by atoms with Crippen LogP contribution in [0.25, 0.3) is 10.9 Å². The van der Waals surface area contributed by atoms with Crippen LogP contribution < -0.4 is 14.4 Å². The quantitative estimate of drug-likeness (QED) is 0.489. The van der Waals surface area contributed by atoms with E-state index in [2.05, 4.69) is 12.1 Å². The Morgan fingerprint density at radius 3 is 2.03 bits per heavy atom. The number of hydrogen-bond donors (Lipinski definition) is 0. The van der Waals surface area contributed by atoms with Gasteiger partial charge in [-0.2, -0.15) is 0 Å². The highest BCUT2D eigenvalue weighted by molar-refractivity contribution is 6.15. The van der Waals surface area contributed by atoms with Crippen molar-refractivity contribution in [2.75, 3.05) is 19.1 Å². The van der Waals surface area contributed by atoms with E-state index in [9.17, 15) is 4.79 Å². The Kier molecular flexibility index (Phi) is 4.24. The Hall–Kier alpha value is -3.73. The molecule has 0 bridgehead atoms. The zero-order valence-corrected chi connectivity index (χ0v) is 17.1. The first-order chi connectivity index (χ1) is 14.6. The van der Waals surface area contributed by atoms with Crippen molar-refractivity contribution in [3.63, 3.8) is 0 Å². The molecular formula is C25H22N2O3. The fourth-order valence-electron chi connectivity index (χ4n) is 4.43. The SMILES string of the molecule is COc1ccc([C@@H]2c3c(n(C)c4ccccc34)C(=O)N2c2ccc(OC)cc2)cc1. The molecule has 0 aliphatic carbocycles. The number of benzene rings is 3. The normalized spacial score (nSPS) is 15.5. The lowest BCUT2D eigenvalue weighted by molar-refractivity contribution is 0.0986. The third kappa shape index (κ3) is 2.59. The van der Waals surface area contributed by atoms with E-state index in [0.717, 1.165) is 44.9 Å². The van der Waals surface area contributed by atoms with E-state index in [4.69, 9.17) is 9.47 Å². The summed E-state index contributed by atoms with van der Waals surface area (Å²) in [7, 11) is 5.25. The number of aromatic nitrogens is 1. The van der Waals surface area contributed by atoms with Gasteiger partial charge in [0, 0.05) is 29.2 Å².